The molecule has 0 N–H and O–H groups in total. The number of benzene rings is 2. The third kappa shape index (κ3) is 2.97. The summed E-state index contributed by atoms with van der Waals surface area (Å²) in [6.07, 6.45) is 0. The van der Waals surface area contributed by atoms with Crippen LogP contribution in [0.5, 0.6) is 11.5 Å². The summed E-state index contributed by atoms with van der Waals surface area (Å²) in [7, 11) is 0. The number of hydrogen-bond donors (Lipinski definition) is 0. The minimum Gasteiger partial charge on any atom is -0.450 e. The second-order valence-corrected chi connectivity index (χ2v) is 4.49. The molecular weight excluding hydrogens is 276 g/mol. The predicted octanol–water partition coefficient (Wildman–Crippen LogP) is 3.91. The van der Waals surface area contributed by atoms with E-state index in [1.54, 1.807) is 13.0 Å². The number of hydrogen-bond acceptors (Lipinski definition) is 5. The lowest BCUT2D eigenvalue weighted by molar-refractivity contribution is -0.386. The molecule has 0 aliphatic rings. The van der Waals surface area contributed by atoms with Gasteiger partial charge in [-0.3, -0.25) is 20.2 Å². The van der Waals surface area contributed by atoms with E-state index in [4.69, 9.17) is 4.74 Å². The van der Waals surface area contributed by atoms with Crippen LogP contribution in [0, 0.1) is 34.1 Å². The Hall–Kier alpha value is -2.96. The molecule has 0 bridgehead atoms. The summed E-state index contributed by atoms with van der Waals surface area (Å²) in [4.78, 5) is 20.9. The summed E-state index contributed by atoms with van der Waals surface area (Å²) in [5.41, 5.74) is 0.769. The topological polar surface area (TPSA) is 95.5 Å². The Morgan fingerprint density at radius 2 is 1.57 bits per heavy atom. The van der Waals surface area contributed by atoms with Gasteiger partial charge in [0.25, 0.3) is 5.69 Å². The van der Waals surface area contributed by atoms with E-state index in [0.29, 0.717) is 5.56 Å². The molecule has 0 saturated heterocycles. The minimum atomic E-state index is -0.547. The van der Waals surface area contributed by atoms with Gasteiger partial charge in [0.1, 0.15) is 5.75 Å². The van der Waals surface area contributed by atoms with Gasteiger partial charge in [0, 0.05) is 12.1 Å². The van der Waals surface area contributed by atoms with Crippen LogP contribution in [0.2, 0.25) is 0 Å². The molecule has 0 amide bonds. The predicted molar refractivity (Wildman–Crippen MR) is 75.7 cm³/mol. The Morgan fingerprint density at radius 1 is 0.905 bits per heavy atom. The van der Waals surface area contributed by atoms with E-state index in [1.807, 2.05) is 0 Å². The SMILES string of the molecule is Cc1ccc(Oc2cccc([N+](=O)[O-])c2C)c([N+](=O)[O-])c1. The second-order valence-electron chi connectivity index (χ2n) is 4.49. The molecule has 7 heteroatoms. The first-order chi connectivity index (χ1) is 9.90. The van der Waals surface area contributed by atoms with Crippen LogP contribution in [0.4, 0.5) is 11.4 Å². The molecule has 0 saturated carbocycles. The summed E-state index contributed by atoms with van der Waals surface area (Å²) in [5.74, 6) is 0.269. The van der Waals surface area contributed by atoms with E-state index in [0.717, 1.165) is 5.56 Å². The van der Waals surface area contributed by atoms with Crippen molar-refractivity contribution in [2.24, 2.45) is 0 Å². The van der Waals surface area contributed by atoms with Crippen molar-refractivity contribution in [3.05, 3.63) is 67.8 Å². The number of nitro benzene ring substituents is 2. The minimum absolute atomic E-state index is 0.0502. The quantitative estimate of drug-likeness (QED) is 0.627. The lowest BCUT2D eigenvalue weighted by Crippen LogP contribution is -1.97. The van der Waals surface area contributed by atoms with Gasteiger partial charge >= 0.3 is 5.69 Å². The summed E-state index contributed by atoms with van der Waals surface area (Å²) in [6.45, 7) is 3.27. The van der Waals surface area contributed by atoms with Gasteiger partial charge in [0.2, 0.25) is 5.75 Å². The molecule has 0 unspecified atom stereocenters. The summed E-state index contributed by atoms with van der Waals surface area (Å²) >= 11 is 0. The van der Waals surface area contributed by atoms with Crippen molar-refractivity contribution in [1.82, 2.24) is 0 Å². The highest BCUT2D eigenvalue weighted by Gasteiger charge is 2.19. The molecule has 0 aliphatic carbocycles. The molecule has 0 fully saturated rings. The van der Waals surface area contributed by atoms with E-state index < -0.39 is 9.85 Å². The molecule has 2 aromatic carbocycles. The molecule has 0 heterocycles. The maximum atomic E-state index is 11.0. The lowest BCUT2D eigenvalue weighted by Gasteiger charge is -2.09. The maximum Gasteiger partial charge on any atom is 0.311 e. The van der Waals surface area contributed by atoms with E-state index in [2.05, 4.69) is 0 Å². The number of rotatable bonds is 4. The van der Waals surface area contributed by atoms with Gasteiger partial charge in [-0.05, 0) is 31.5 Å². The highest BCUT2D eigenvalue weighted by atomic mass is 16.6. The molecule has 0 aromatic heterocycles. The zero-order valence-electron chi connectivity index (χ0n) is 11.4. The van der Waals surface area contributed by atoms with Crippen molar-refractivity contribution in [3.63, 3.8) is 0 Å². The van der Waals surface area contributed by atoms with Gasteiger partial charge in [-0.2, -0.15) is 0 Å². The maximum absolute atomic E-state index is 11.0. The van der Waals surface area contributed by atoms with E-state index in [9.17, 15) is 20.2 Å². The Morgan fingerprint density at radius 3 is 2.19 bits per heavy atom. The van der Waals surface area contributed by atoms with Crippen LogP contribution in [0.15, 0.2) is 36.4 Å². The number of nitrogens with zero attached hydrogens (tertiary/aromatic N) is 2. The van der Waals surface area contributed by atoms with Crippen molar-refractivity contribution in [2.45, 2.75) is 13.8 Å². The van der Waals surface area contributed by atoms with Gasteiger partial charge in [-0.25, -0.2) is 0 Å². The molecule has 108 valence electrons. The molecule has 7 nitrogen and oxygen atoms in total. The van der Waals surface area contributed by atoms with Crippen LogP contribution < -0.4 is 4.74 Å². The summed E-state index contributed by atoms with van der Waals surface area (Å²) in [5, 5.41) is 21.9. The van der Waals surface area contributed by atoms with E-state index >= 15 is 0 Å². The van der Waals surface area contributed by atoms with E-state index in [1.165, 1.54) is 37.3 Å². The Bertz CT molecular complexity index is 727. The highest BCUT2D eigenvalue weighted by Crippen LogP contribution is 2.35. The Labute approximate surface area is 120 Å². The normalized spacial score (nSPS) is 10.2. The largest absolute Gasteiger partial charge is 0.450 e. The first-order valence-electron chi connectivity index (χ1n) is 6.07. The monoisotopic (exact) mass is 288 g/mol. The zero-order valence-corrected chi connectivity index (χ0v) is 11.4. The van der Waals surface area contributed by atoms with Crippen molar-refractivity contribution in [2.75, 3.05) is 0 Å². The zero-order chi connectivity index (χ0) is 15.6. The fourth-order valence-corrected chi connectivity index (χ4v) is 1.89. The van der Waals surface area contributed by atoms with Crippen molar-refractivity contribution < 1.29 is 14.6 Å². The third-order valence-corrected chi connectivity index (χ3v) is 2.98. The molecule has 0 aliphatic heterocycles. The van der Waals surface area contributed by atoms with Crippen LogP contribution in [0.25, 0.3) is 0 Å². The number of ether oxygens (including phenoxy) is 1. The molecule has 2 aromatic rings. The molecule has 0 radical (unpaired) electrons. The van der Waals surface area contributed by atoms with Crippen LogP contribution in [-0.2, 0) is 0 Å². The van der Waals surface area contributed by atoms with Crippen LogP contribution >= 0.6 is 0 Å². The molecule has 0 spiro atoms. The summed E-state index contributed by atoms with van der Waals surface area (Å²) < 4.78 is 5.50. The average Bonchev–Trinajstić information content (AvgIpc) is 2.42. The molecule has 2 rings (SSSR count). The fraction of sp³-hybridized carbons (Fsp3) is 0.143. The van der Waals surface area contributed by atoms with Gasteiger partial charge in [-0.15, -0.1) is 0 Å². The van der Waals surface area contributed by atoms with Gasteiger partial charge in [0.15, 0.2) is 0 Å². The Kier molecular flexibility index (Phi) is 3.84. The number of aryl methyl sites for hydroxylation is 1. The smallest absolute Gasteiger partial charge is 0.311 e. The summed E-state index contributed by atoms with van der Waals surface area (Å²) in [6, 6.07) is 8.90. The first kappa shape index (κ1) is 14.4. The van der Waals surface area contributed by atoms with Crippen LogP contribution in [-0.4, -0.2) is 9.85 Å². The highest BCUT2D eigenvalue weighted by molar-refractivity contribution is 5.54. The van der Waals surface area contributed by atoms with Gasteiger partial charge < -0.3 is 4.74 Å². The van der Waals surface area contributed by atoms with Gasteiger partial charge in [-0.1, -0.05) is 12.1 Å². The fourth-order valence-electron chi connectivity index (χ4n) is 1.89. The first-order valence-corrected chi connectivity index (χ1v) is 6.07. The second kappa shape index (κ2) is 5.58. The van der Waals surface area contributed by atoms with Crippen molar-refractivity contribution in [1.29, 1.82) is 0 Å². The Balaban J connectivity index is 2.46. The van der Waals surface area contributed by atoms with Crippen molar-refractivity contribution >= 4 is 11.4 Å². The molecular formula is C14H12N2O5. The average molecular weight is 288 g/mol. The van der Waals surface area contributed by atoms with E-state index in [-0.39, 0.29) is 22.9 Å². The lowest BCUT2D eigenvalue weighted by atomic mass is 10.1. The van der Waals surface area contributed by atoms with Crippen molar-refractivity contribution in [3.8, 4) is 11.5 Å². The standard InChI is InChI=1S/C14H12N2O5/c1-9-6-7-14(12(8-9)16(19)20)21-13-5-3-4-11(10(13)2)15(17)18/h3-8H,1-2H3. The number of nitro groups is 2. The molecule has 21 heavy (non-hydrogen) atoms. The van der Waals surface area contributed by atoms with Gasteiger partial charge in [0.05, 0.1) is 15.4 Å². The molecule has 0 atom stereocenters. The van der Waals surface area contributed by atoms with Crippen LogP contribution in [0.1, 0.15) is 11.1 Å². The third-order valence-electron chi connectivity index (χ3n) is 2.98. The van der Waals surface area contributed by atoms with Crippen LogP contribution in [0.3, 0.4) is 0 Å².